The maximum Gasteiger partial charge on any atom is 0.418 e. The Morgan fingerprint density at radius 1 is 1.39 bits per heavy atom. The first kappa shape index (κ1) is 13.5. The molecule has 1 aromatic rings. The van der Waals surface area contributed by atoms with Crippen LogP contribution in [-0.4, -0.2) is 6.04 Å². The van der Waals surface area contributed by atoms with Gasteiger partial charge in [-0.2, -0.15) is 13.2 Å². The summed E-state index contributed by atoms with van der Waals surface area (Å²) in [5.74, 6) is 0.479. The molecule has 0 heterocycles. The van der Waals surface area contributed by atoms with Gasteiger partial charge in [0, 0.05) is 6.04 Å². The third kappa shape index (κ3) is 2.91. The SMILES string of the molecule is CCC(Nc1c(Cl)cccc1C(F)(F)F)C1CC1. The lowest BCUT2D eigenvalue weighted by molar-refractivity contribution is -0.137. The van der Waals surface area contributed by atoms with Crippen LogP contribution in [0.3, 0.4) is 0 Å². The summed E-state index contributed by atoms with van der Waals surface area (Å²) < 4.78 is 38.7. The lowest BCUT2D eigenvalue weighted by Gasteiger charge is -2.22. The largest absolute Gasteiger partial charge is 0.418 e. The summed E-state index contributed by atoms with van der Waals surface area (Å²) in [4.78, 5) is 0. The zero-order valence-corrected chi connectivity index (χ0v) is 10.8. The van der Waals surface area contributed by atoms with E-state index in [0.29, 0.717) is 5.92 Å². The van der Waals surface area contributed by atoms with E-state index in [4.69, 9.17) is 11.6 Å². The van der Waals surface area contributed by atoms with Crippen LogP contribution in [-0.2, 0) is 6.18 Å². The fourth-order valence-corrected chi connectivity index (χ4v) is 2.37. The van der Waals surface area contributed by atoms with Crippen molar-refractivity contribution in [1.82, 2.24) is 0 Å². The van der Waals surface area contributed by atoms with Crippen molar-refractivity contribution in [3.63, 3.8) is 0 Å². The van der Waals surface area contributed by atoms with Gasteiger partial charge in [0.2, 0.25) is 0 Å². The Bertz CT molecular complexity index is 427. The smallest absolute Gasteiger partial charge is 0.380 e. The Morgan fingerprint density at radius 3 is 2.56 bits per heavy atom. The molecule has 0 saturated heterocycles. The van der Waals surface area contributed by atoms with Gasteiger partial charge in [-0.3, -0.25) is 0 Å². The number of alkyl halides is 3. The third-order valence-electron chi connectivity index (χ3n) is 3.28. The van der Waals surface area contributed by atoms with Gasteiger partial charge in [0.25, 0.3) is 0 Å². The topological polar surface area (TPSA) is 12.0 Å². The van der Waals surface area contributed by atoms with Gasteiger partial charge in [-0.25, -0.2) is 0 Å². The van der Waals surface area contributed by atoms with E-state index in [1.165, 1.54) is 12.1 Å². The Hall–Kier alpha value is -0.900. The fraction of sp³-hybridized carbons (Fsp3) is 0.538. The molecule has 0 amide bonds. The number of para-hydroxylation sites is 1. The first-order chi connectivity index (χ1) is 8.43. The molecular weight excluding hydrogens is 263 g/mol. The second-order valence-corrected chi connectivity index (χ2v) is 5.06. The highest BCUT2D eigenvalue weighted by molar-refractivity contribution is 6.33. The number of hydrogen-bond acceptors (Lipinski definition) is 1. The van der Waals surface area contributed by atoms with Crippen molar-refractivity contribution in [1.29, 1.82) is 0 Å². The van der Waals surface area contributed by atoms with E-state index in [2.05, 4.69) is 5.32 Å². The quantitative estimate of drug-likeness (QED) is 0.820. The summed E-state index contributed by atoms with van der Waals surface area (Å²) in [6, 6.07) is 3.95. The lowest BCUT2D eigenvalue weighted by Crippen LogP contribution is -2.23. The van der Waals surface area contributed by atoms with Gasteiger partial charge in [0.15, 0.2) is 0 Å². The number of hydrogen-bond donors (Lipinski definition) is 1. The summed E-state index contributed by atoms with van der Waals surface area (Å²) in [6.07, 6.45) is -1.42. The number of benzene rings is 1. The van der Waals surface area contributed by atoms with Gasteiger partial charge in [-0.15, -0.1) is 0 Å². The molecule has 0 spiro atoms. The number of rotatable bonds is 4. The van der Waals surface area contributed by atoms with E-state index in [1.807, 2.05) is 6.92 Å². The second-order valence-electron chi connectivity index (χ2n) is 4.66. The van der Waals surface area contributed by atoms with E-state index in [9.17, 15) is 13.2 Å². The van der Waals surface area contributed by atoms with Crippen molar-refractivity contribution < 1.29 is 13.2 Å². The van der Waals surface area contributed by atoms with Crippen LogP contribution in [0.1, 0.15) is 31.7 Å². The number of anilines is 1. The molecule has 1 N–H and O–H groups in total. The highest BCUT2D eigenvalue weighted by Gasteiger charge is 2.36. The van der Waals surface area contributed by atoms with Gasteiger partial charge < -0.3 is 5.32 Å². The lowest BCUT2D eigenvalue weighted by atomic mass is 10.1. The Morgan fingerprint density at radius 2 is 2.06 bits per heavy atom. The number of halogens is 4. The Balaban J connectivity index is 2.30. The summed E-state index contributed by atoms with van der Waals surface area (Å²) >= 11 is 5.90. The molecule has 1 atom stereocenters. The molecule has 1 aliphatic rings. The van der Waals surface area contributed by atoms with Crippen molar-refractivity contribution in [3.8, 4) is 0 Å². The van der Waals surface area contributed by atoms with Crippen LogP contribution in [0.15, 0.2) is 18.2 Å². The molecule has 0 radical (unpaired) electrons. The van der Waals surface area contributed by atoms with E-state index >= 15 is 0 Å². The normalized spacial score (nSPS) is 17.6. The molecule has 0 bridgehead atoms. The van der Waals surface area contributed by atoms with Crippen molar-refractivity contribution in [2.75, 3.05) is 5.32 Å². The Labute approximate surface area is 109 Å². The average molecular weight is 278 g/mol. The summed E-state index contributed by atoms with van der Waals surface area (Å²) in [5, 5.41) is 3.11. The highest BCUT2D eigenvalue weighted by Crippen LogP contribution is 2.41. The van der Waals surface area contributed by atoms with Gasteiger partial charge in [0.05, 0.1) is 16.3 Å². The average Bonchev–Trinajstić information content (AvgIpc) is 3.10. The minimum atomic E-state index is -4.38. The maximum absolute atomic E-state index is 12.9. The van der Waals surface area contributed by atoms with E-state index in [1.54, 1.807) is 0 Å². The minimum absolute atomic E-state index is 0.0189. The van der Waals surface area contributed by atoms with Crippen LogP contribution in [0.5, 0.6) is 0 Å². The van der Waals surface area contributed by atoms with Crippen molar-refractivity contribution in [3.05, 3.63) is 28.8 Å². The maximum atomic E-state index is 12.9. The van der Waals surface area contributed by atoms with Gasteiger partial charge in [0.1, 0.15) is 0 Å². The predicted octanol–water partition coefficient (Wildman–Crippen LogP) is 4.96. The van der Waals surface area contributed by atoms with E-state index in [0.717, 1.165) is 25.3 Å². The van der Waals surface area contributed by atoms with E-state index < -0.39 is 11.7 Å². The number of nitrogens with one attached hydrogen (secondary N) is 1. The minimum Gasteiger partial charge on any atom is -0.380 e. The van der Waals surface area contributed by atoms with Crippen LogP contribution in [0.2, 0.25) is 5.02 Å². The first-order valence-electron chi connectivity index (χ1n) is 6.05. The summed E-state index contributed by atoms with van der Waals surface area (Å²) in [5.41, 5.74) is -0.667. The van der Waals surface area contributed by atoms with E-state index in [-0.39, 0.29) is 16.8 Å². The second kappa shape index (κ2) is 5.00. The zero-order valence-electron chi connectivity index (χ0n) is 10.0. The molecule has 1 aromatic carbocycles. The molecule has 1 saturated carbocycles. The van der Waals surface area contributed by atoms with Crippen molar-refractivity contribution >= 4 is 17.3 Å². The van der Waals surface area contributed by atoms with Crippen LogP contribution >= 0.6 is 11.6 Å². The molecule has 1 nitrogen and oxygen atoms in total. The molecule has 1 fully saturated rings. The van der Waals surface area contributed by atoms with Crippen LogP contribution in [0, 0.1) is 5.92 Å². The molecule has 0 aliphatic heterocycles. The van der Waals surface area contributed by atoms with Gasteiger partial charge >= 0.3 is 6.18 Å². The zero-order chi connectivity index (χ0) is 13.3. The van der Waals surface area contributed by atoms with Crippen LogP contribution < -0.4 is 5.32 Å². The third-order valence-corrected chi connectivity index (χ3v) is 3.59. The monoisotopic (exact) mass is 277 g/mol. The Kier molecular flexibility index (Phi) is 3.76. The summed E-state index contributed by atoms with van der Waals surface area (Å²) in [7, 11) is 0. The van der Waals surface area contributed by atoms with Gasteiger partial charge in [-0.1, -0.05) is 24.6 Å². The summed E-state index contributed by atoms with van der Waals surface area (Å²) in [6.45, 7) is 1.97. The molecule has 100 valence electrons. The molecule has 5 heteroatoms. The molecular formula is C13H15ClF3N. The van der Waals surface area contributed by atoms with Crippen molar-refractivity contribution in [2.24, 2.45) is 5.92 Å². The fourth-order valence-electron chi connectivity index (χ4n) is 2.14. The van der Waals surface area contributed by atoms with Crippen LogP contribution in [0.25, 0.3) is 0 Å². The predicted molar refractivity (Wildman–Crippen MR) is 66.9 cm³/mol. The highest BCUT2D eigenvalue weighted by atomic mass is 35.5. The molecule has 18 heavy (non-hydrogen) atoms. The standard InChI is InChI=1S/C13H15ClF3N/c1-2-11(8-6-7-8)18-12-9(13(15,16)17)4-3-5-10(12)14/h3-5,8,11,18H,2,6-7H2,1H3. The van der Waals surface area contributed by atoms with Gasteiger partial charge in [-0.05, 0) is 37.3 Å². The first-order valence-corrected chi connectivity index (χ1v) is 6.43. The molecule has 1 unspecified atom stereocenters. The molecule has 1 aliphatic carbocycles. The molecule has 2 rings (SSSR count). The molecule has 0 aromatic heterocycles. The van der Waals surface area contributed by atoms with Crippen molar-refractivity contribution in [2.45, 2.75) is 38.4 Å². The van der Waals surface area contributed by atoms with Crippen LogP contribution in [0.4, 0.5) is 18.9 Å².